The number of hydrogen-bond acceptors (Lipinski definition) is 0. The van der Waals surface area contributed by atoms with E-state index in [1.54, 1.807) is 0 Å². The van der Waals surface area contributed by atoms with E-state index in [0.717, 1.165) is 0 Å². The highest BCUT2D eigenvalue weighted by atomic mass is 14.0. The number of fused-ring (bicyclic) bond motifs is 1. The summed E-state index contributed by atoms with van der Waals surface area (Å²) in [5, 5.41) is 2.68. The van der Waals surface area contributed by atoms with Gasteiger partial charge in [0.2, 0.25) is 0 Å². The fraction of sp³-hybridized carbons (Fsp3) is 0.368. The first-order chi connectivity index (χ1) is 9.42. The summed E-state index contributed by atoms with van der Waals surface area (Å²) in [5.41, 5.74) is 1.34. The van der Waals surface area contributed by atoms with Crippen molar-refractivity contribution in [2.24, 2.45) is 0 Å². The first kappa shape index (κ1) is 13.9. The van der Waals surface area contributed by atoms with Gasteiger partial charge in [-0.3, -0.25) is 0 Å². The Labute approximate surface area is 117 Å². The lowest BCUT2D eigenvalue weighted by Gasteiger charge is -2.01. The van der Waals surface area contributed by atoms with Crippen molar-refractivity contribution in [2.75, 3.05) is 0 Å². The Morgan fingerprint density at radius 1 is 0.842 bits per heavy atom. The van der Waals surface area contributed by atoms with E-state index < -0.39 is 0 Å². The molecule has 2 aromatic carbocycles. The molecule has 0 amide bonds. The van der Waals surface area contributed by atoms with Gasteiger partial charge in [0.1, 0.15) is 0 Å². The van der Waals surface area contributed by atoms with E-state index in [1.165, 1.54) is 54.9 Å². The lowest BCUT2D eigenvalue weighted by atomic mass is 10.0. The number of benzene rings is 2. The number of unbranched alkanes of at least 4 members (excludes halogenated alkanes) is 5. The molecule has 0 atom stereocenters. The van der Waals surface area contributed by atoms with Gasteiger partial charge in [-0.1, -0.05) is 87.2 Å². The fourth-order valence-electron chi connectivity index (χ4n) is 2.47. The van der Waals surface area contributed by atoms with Crippen molar-refractivity contribution in [2.45, 2.75) is 45.4 Å². The quantitative estimate of drug-likeness (QED) is 0.514. The minimum Gasteiger partial charge on any atom is -0.0839 e. The largest absolute Gasteiger partial charge is 0.0839 e. The number of allylic oxidation sites excluding steroid dienone is 1. The third kappa shape index (κ3) is 4.24. The summed E-state index contributed by atoms with van der Waals surface area (Å²) < 4.78 is 0. The second-order valence-corrected chi connectivity index (χ2v) is 5.17. The van der Waals surface area contributed by atoms with Crippen LogP contribution >= 0.6 is 0 Å². The molecule has 0 radical (unpaired) electrons. The van der Waals surface area contributed by atoms with Gasteiger partial charge in [0.15, 0.2) is 0 Å². The summed E-state index contributed by atoms with van der Waals surface area (Å²) in [7, 11) is 0. The maximum atomic E-state index is 2.33. The highest BCUT2D eigenvalue weighted by Crippen LogP contribution is 2.20. The lowest BCUT2D eigenvalue weighted by molar-refractivity contribution is 0.638. The first-order valence-corrected chi connectivity index (χ1v) is 7.56. The van der Waals surface area contributed by atoms with Crippen molar-refractivity contribution in [3.8, 4) is 0 Å². The summed E-state index contributed by atoms with van der Waals surface area (Å²) in [6.07, 6.45) is 12.6. The molecule has 0 saturated heterocycles. The van der Waals surface area contributed by atoms with Gasteiger partial charge < -0.3 is 0 Å². The van der Waals surface area contributed by atoms with Crippen LogP contribution in [0.5, 0.6) is 0 Å². The van der Waals surface area contributed by atoms with Gasteiger partial charge in [0.05, 0.1) is 0 Å². The summed E-state index contributed by atoms with van der Waals surface area (Å²) >= 11 is 0. The van der Waals surface area contributed by atoms with Crippen molar-refractivity contribution < 1.29 is 0 Å². The van der Waals surface area contributed by atoms with Crippen LogP contribution < -0.4 is 0 Å². The number of rotatable bonds is 7. The molecule has 2 rings (SSSR count). The Kier molecular flexibility index (Phi) is 5.68. The molecule has 0 spiro atoms. The van der Waals surface area contributed by atoms with Crippen molar-refractivity contribution in [3.05, 3.63) is 54.1 Å². The molecule has 0 aliphatic carbocycles. The minimum atomic E-state index is 1.20. The van der Waals surface area contributed by atoms with Gasteiger partial charge in [-0.2, -0.15) is 0 Å². The molecule has 0 bridgehead atoms. The summed E-state index contributed by atoms with van der Waals surface area (Å²) in [6.45, 7) is 2.26. The molecule has 19 heavy (non-hydrogen) atoms. The molecular formula is C19H24. The Balaban J connectivity index is 1.90. The van der Waals surface area contributed by atoms with Crippen molar-refractivity contribution in [1.82, 2.24) is 0 Å². The zero-order valence-corrected chi connectivity index (χ0v) is 11.9. The minimum absolute atomic E-state index is 1.20. The lowest BCUT2D eigenvalue weighted by Crippen LogP contribution is -1.78. The molecule has 0 heterocycles. The highest BCUT2D eigenvalue weighted by Gasteiger charge is 1.95. The van der Waals surface area contributed by atoms with Crippen LogP contribution in [-0.4, -0.2) is 0 Å². The molecule has 0 fully saturated rings. The van der Waals surface area contributed by atoms with E-state index in [-0.39, 0.29) is 0 Å². The second-order valence-electron chi connectivity index (χ2n) is 5.17. The molecule has 0 heteroatoms. The molecule has 0 N–H and O–H groups in total. The van der Waals surface area contributed by atoms with Crippen molar-refractivity contribution in [1.29, 1.82) is 0 Å². The normalized spacial score (nSPS) is 11.4. The van der Waals surface area contributed by atoms with Crippen LogP contribution in [0.2, 0.25) is 0 Å². The van der Waals surface area contributed by atoms with Gasteiger partial charge in [0.25, 0.3) is 0 Å². The van der Waals surface area contributed by atoms with Gasteiger partial charge in [-0.15, -0.1) is 0 Å². The van der Waals surface area contributed by atoms with E-state index >= 15 is 0 Å². The first-order valence-electron chi connectivity index (χ1n) is 7.56. The van der Waals surface area contributed by atoms with E-state index in [9.17, 15) is 0 Å². The second kappa shape index (κ2) is 7.78. The maximum Gasteiger partial charge on any atom is -0.0112 e. The molecule has 0 aliphatic rings. The number of hydrogen-bond donors (Lipinski definition) is 0. The molecule has 0 nitrogen and oxygen atoms in total. The molecular weight excluding hydrogens is 228 g/mol. The fourth-order valence-corrected chi connectivity index (χ4v) is 2.47. The van der Waals surface area contributed by atoms with Crippen LogP contribution in [0.25, 0.3) is 16.8 Å². The smallest absolute Gasteiger partial charge is 0.0112 e. The average Bonchev–Trinajstić information content (AvgIpc) is 2.46. The monoisotopic (exact) mass is 252 g/mol. The Hall–Kier alpha value is -1.56. The van der Waals surface area contributed by atoms with Crippen LogP contribution in [0, 0.1) is 0 Å². The zero-order chi connectivity index (χ0) is 13.3. The van der Waals surface area contributed by atoms with Gasteiger partial charge >= 0.3 is 0 Å². The van der Waals surface area contributed by atoms with Crippen LogP contribution in [0.3, 0.4) is 0 Å². The molecule has 2 aromatic rings. The SMILES string of the molecule is CCCCCCC/C=C/c1cccc2ccccc12. The summed E-state index contributed by atoms with van der Waals surface area (Å²) in [5.74, 6) is 0. The van der Waals surface area contributed by atoms with Gasteiger partial charge in [-0.05, 0) is 29.2 Å². The standard InChI is InChI=1S/C19H24/c1-2-3-4-5-6-7-8-12-17-14-11-15-18-13-9-10-16-19(17)18/h8-16H,2-7H2,1H3/b12-8+. The molecule has 0 unspecified atom stereocenters. The summed E-state index contributed by atoms with van der Waals surface area (Å²) in [6, 6.07) is 15.1. The van der Waals surface area contributed by atoms with E-state index in [2.05, 4.69) is 61.5 Å². The Morgan fingerprint density at radius 2 is 1.63 bits per heavy atom. The van der Waals surface area contributed by atoms with Gasteiger partial charge in [0, 0.05) is 0 Å². The Morgan fingerprint density at radius 3 is 2.53 bits per heavy atom. The van der Waals surface area contributed by atoms with Crippen LogP contribution in [0.1, 0.15) is 51.0 Å². The predicted octanol–water partition coefficient (Wildman–Crippen LogP) is 6.21. The third-order valence-corrected chi connectivity index (χ3v) is 3.60. The van der Waals surface area contributed by atoms with Crippen molar-refractivity contribution >= 4 is 16.8 Å². The summed E-state index contributed by atoms with van der Waals surface area (Å²) in [4.78, 5) is 0. The van der Waals surface area contributed by atoms with E-state index in [0.29, 0.717) is 0 Å². The van der Waals surface area contributed by atoms with Crippen LogP contribution in [0.4, 0.5) is 0 Å². The highest BCUT2D eigenvalue weighted by molar-refractivity contribution is 5.90. The Bertz CT molecular complexity index is 517. The average molecular weight is 252 g/mol. The molecule has 0 aromatic heterocycles. The van der Waals surface area contributed by atoms with Crippen molar-refractivity contribution in [3.63, 3.8) is 0 Å². The third-order valence-electron chi connectivity index (χ3n) is 3.60. The molecule has 0 aliphatic heterocycles. The van der Waals surface area contributed by atoms with Gasteiger partial charge in [-0.25, -0.2) is 0 Å². The van der Waals surface area contributed by atoms with E-state index in [4.69, 9.17) is 0 Å². The maximum absolute atomic E-state index is 2.33. The predicted molar refractivity (Wildman–Crippen MR) is 86.4 cm³/mol. The molecule has 100 valence electrons. The van der Waals surface area contributed by atoms with Crippen LogP contribution in [0.15, 0.2) is 48.5 Å². The van der Waals surface area contributed by atoms with E-state index in [1.807, 2.05) is 0 Å². The topological polar surface area (TPSA) is 0 Å². The zero-order valence-electron chi connectivity index (χ0n) is 11.9. The molecule has 0 saturated carbocycles. The van der Waals surface area contributed by atoms with Crippen LogP contribution in [-0.2, 0) is 0 Å².